The van der Waals surface area contributed by atoms with Crippen LogP contribution >= 0.6 is 0 Å². The summed E-state index contributed by atoms with van der Waals surface area (Å²) in [6.07, 6.45) is 23.2. The van der Waals surface area contributed by atoms with E-state index in [4.69, 9.17) is 0 Å². The zero-order chi connectivity index (χ0) is 11.8. The van der Waals surface area contributed by atoms with Gasteiger partial charge in [-0.15, -0.1) is 0 Å². The maximum absolute atomic E-state index is 2.64. The van der Waals surface area contributed by atoms with E-state index in [2.05, 4.69) is 6.08 Å². The summed E-state index contributed by atoms with van der Waals surface area (Å²) in [5, 5.41) is 0. The van der Waals surface area contributed by atoms with E-state index in [0.717, 1.165) is 5.92 Å². The van der Waals surface area contributed by atoms with E-state index in [1.165, 1.54) is 89.9 Å². The van der Waals surface area contributed by atoms with Crippen molar-refractivity contribution in [2.75, 3.05) is 0 Å². The summed E-state index contributed by atoms with van der Waals surface area (Å²) in [5.74, 6) is 0.984. The molecule has 0 radical (unpaired) electrons. The smallest absolute Gasteiger partial charge is 0.0203 e. The zero-order valence-corrected chi connectivity index (χ0v) is 11.6. The topological polar surface area (TPSA) is 0 Å². The minimum atomic E-state index is 0.984. The van der Waals surface area contributed by atoms with Crippen LogP contribution in [0.1, 0.15) is 89.9 Å². The molecule has 0 aromatic rings. The lowest BCUT2D eigenvalue weighted by molar-refractivity contribution is 0.536. The molecule has 0 unspecified atom stereocenters. The van der Waals surface area contributed by atoms with Crippen LogP contribution < -0.4 is 0 Å². The molecule has 17 heavy (non-hydrogen) atoms. The highest BCUT2D eigenvalue weighted by molar-refractivity contribution is 5.08. The molecule has 2 aliphatic rings. The van der Waals surface area contributed by atoms with Crippen LogP contribution in [0.5, 0.6) is 0 Å². The quantitative estimate of drug-likeness (QED) is 0.487. The molecule has 0 heterocycles. The van der Waals surface area contributed by atoms with Gasteiger partial charge in [0.1, 0.15) is 0 Å². The highest BCUT2D eigenvalue weighted by Gasteiger charge is 2.18. The molecule has 0 N–H and O–H groups in total. The van der Waals surface area contributed by atoms with E-state index in [0.29, 0.717) is 0 Å². The molecule has 0 amide bonds. The van der Waals surface area contributed by atoms with Crippen molar-refractivity contribution in [3.63, 3.8) is 0 Å². The molecule has 0 saturated heterocycles. The van der Waals surface area contributed by atoms with Crippen LogP contribution in [0.15, 0.2) is 11.6 Å². The Hall–Kier alpha value is -0.260. The van der Waals surface area contributed by atoms with Gasteiger partial charge in [-0.2, -0.15) is 0 Å². The standard InChI is InChI=1S/C17H30/c1-2-4-6-8-12-16(13-9-7-5-3-1)17-14-10-11-15-17/h12,17H,1-11,13-15H2/b16-12+. The van der Waals surface area contributed by atoms with Crippen LogP contribution in [0.4, 0.5) is 0 Å². The maximum atomic E-state index is 2.64. The van der Waals surface area contributed by atoms with Crippen molar-refractivity contribution in [1.29, 1.82) is 0 Å². The van der Waals surface area contributed by atoms with Crippen LogP contribution in [0.25, 0.3) is 0 Å². The summed E-state index contributed by atoms with van der Waals surface area (Å²) >= 11 is 0. The van der Waals surface area contributed by atoms with Crippen molar-refractivity contribution >= 4 is 0 Å². The lowest BCUT2D eigenvalue weighted by Crippen LogP contribution is -2.00. The lowest BCUT2D eigenvalue weighted by Gasteiger charge is -2.16. The maximum Gasteiger partial charge on any atom is -0.0203 e. The normalized spacial score (nSPS) is 29.1. The van der Waals surface area contributed by atoms with Crippen molar-refractivity contribution in [3.8, 4) is 0 Å². The average Bonchev–Trinajstić information content (AvgIpc) is 2.83. The van der Waals surface area contributed by atoms with Gasteiger partial charge in [-0.25, -0.2) is 0 Å². The summed E-state index contributed by atoms with van der Waals surface area (Å²) in [6, 6.07) is 0. The largest absolute Gasteiger partial charge is 0.0851 e. The Morgan fingerprint density at radius 3 is 1.94 bits per heavy atom. The van der Waals surface area contributed by atoms with E-state index in [1.807, 2.05) is 5.57 Å². The summed E-state index contributed by atoms with van der Waals surface area (Å²) < 4.78 is 0. The fourth-order valence-corrected chi connectivity index (χ4v) is 3.59. The molecular formula is C17H30. The fraction of sp³-hybridized carbons (Fsp3) is 0.882. The van der Waals surface area contributed by atoms with Crippen LogP contribution in [-0.2, 0) is 0 Å². The van der Waals surface area contributed by atoms with E-state index in [1.54, 1.807) is 0 Å². The Labute approximate surface area is 108 Å². The first-order valence-corrected chi connectivity index (χ1v) is 8.16. The van der Waals surface area contributed by atoms with Crippen molar-refractivity contribution in [3.05, 3.63) is 11.6 Å². The molecular weight excluding hydrogens is 204 g/mol. The molecule has 0 aromatic carbocycles. The first kappa shape index (κ1) is 13.2. The first-order chi connectivity index (χ1) is 8.47. The number of hydrogen-bond acceptors (Lipinski definition) is 0. The van der Waals surface area contributed by atoms with Gasteiger partial charge in [0.25, 0.3) is 0 Å². The van der Waals surface area contributed by atoms with Gasteiger partial charge in [0, 0.05) is 0 Å². The fourth-order valence-electron chi connectivity index (χ4n) is 3.59. The highest BCUT2D eigenvalue weighted by atomic mass is 14.2. The average molecular weight is 234 g/mol. The van der Waals surface area contributed by atoms with Crippen LogP contribution in [0.2, 0.25) is 0 Å². The molecule has 0 bridgehead atoms. The van der Waals surface area contributed by atoms with Crippen molar-refractivity contribution in [2.45, 2.75) is 89.9 Å². The van der Waals surface area contributed by atoms with Crippen molar-refractivity contribution < 1.29 is 0 Å². The van der Waals surface area contributed by atoms with Gasteiger partial charge in [0.15, 0.2) is 0 Å². The van der Waals surface area contributed by atoms with Crippen molar-refractivity contribution in [2.24, 2.45) is 5.92 Å². The summed E-state index contributed by atoms with van der Waals surface area (Å²) in [4.78, 5) is 0. The number of rotatable bonds is 1. The first-order valence-electron chi connectivity index (χ1n) is 8.16. The predicted molar refractivity (Wildman–Crippen MR) is 76.2 cm³/mol. The van der Waals surface area contributed by atoms with E-state index < -0.39 is 0 Å². The van der Waals surface area contributed by atoms with Gasteiger partial charge in [-0.1, -0.05) is 63.0 Å². The second-order valence-electron chi connectivity index (χ2n) is 6.13. The molecule has 1 fully saturated rings. The van der Waals surface area contributed by atoms with Gasteiger partial charge in [-0.05, 0) is 44.4 Å². The third kappa shape index (κ3) is 4.85. The van der Waals surface area contributed by atoms with Crippen LogP contribution in [0.3, 0.4) is 0 Å². The molecule has 0 atom stereocenters. The van der Waals surface area contributed by atoms with Gasteiger partial charge in [0.05, 0.1) is 0 Å². The van der Waals surface area contributed by atoms with Crippen molar-refractivity contribution in [1.82, 2.24) is 0 Å². The Kier molecular flexibility index (Phi) is 6.16. The van der Waals surface area contributed by atoms with Gasteiger partial charge in [-0.3, -0.25) is 0 Å². The van der Waals surface area contributed by atoms with Crippen LogP contribution in [-0.4, -0.2) is 0 Å². The van der Waals surface area contributed by atoms with E-state index >= 15 is 0 Å². The van der Waals surface area contributed by atoms with Gasteiger partial charge < -0.3 is 0 Å². The second-order valence-corrected chi connectivity index (χ2v) is 6.13. The zero-order valence-electron chi connectivity index (χ0n) is 11.6. The molecule has 0 aliphatic heterocycles. The predicted octanol–water partition coefficient (Wildman–Crippen LogP) is 6.02. The van der Waals surface area contributed by atoms with E-state index in [-0.39, 0.29) is 0 Å². The molecule has 1 saturated carbocycles. The summed E-state index contributed by atoms with van der Waals surface area (Å²) in [6.45, 7) is 0. The Bertz CT molecular complexity index is 220. The monoisotopic (exact) mass is 234 g/mol. The number of hydrogen-bond donors (Lipinski definition) is 0. The highest BCUT2D eigenvalue weighted by Crippen LogP contribution is 2.34. The Balaban J connectivity index is 1.84. The molecule has 0 nitrogen and oxygen atoms in total. The third-order valence-corrected chi connectivity index (χ3v) is 4.71. The molecule has 0 heteroatoms. The molecule has 98 valence electrons. The summed E-state index contributed by atoms with van der Waals surface area (Å²) in [5.41, 5.74) is 1.85. The van der Waals surface area contributed by atoms with E-state index in [9.17, 15) is 0 Å². The second kappa shape index (κ2) is 7.95. The molecule has 0 spiro atoms. The molecule has 0 aromatic heterocycles. The summed E-state index contributed by atoms with van der Waals surface area (Å²) in [7, 11) is 0. The third-order valence-electron chi connectivity index (χ3n) is 4.71. The van der Waals surface area contributed by atoms with Crippen LogP contribution in [0, 0.1) is 5.92 Å². The minimum absolute atomic E-state index is 0.984. The molecule has 2 rings (SSSR count). The van der Waals surface area contributed by atoms with Gasteiger partial charge in [0.2, 0.25) is 0 Å². The minimum Gasteiger partial charge on any atom is -0.0851 e. The molecule has 2 aliphatic carbocycles. The lowest BCUT2D eigenvalue weighted by atomic mass is 9.90. The Morgan fingerprint density at radius 1 is 0.647 bits per heavy atom. The SMILES string of the molecule is C1=C(/C2CCCC2)CCCCCCCCCC/1. The Morgan fingerprint density at radius 2 is 1.24 bits per heavy atom. The number of allylic oxidation sites excluding steroid dienone is 2. The van der Waals surface area contributed by atoms with Gasteiger partial charge >= 0.3 is 0 Å².